The number of hydrogen-bond acceptors (Lipinski definition) is 6. The highest BCUT2D eigenvalue weighted by Crippen LogP contribution is 2.25. The molecule has 17 heavy (non-hydrogen) atoms. The van der Waals surface area contributed by atoms with E-state index >= 15 is 0 Å². The molecule has 0 spiro atoms. The van der Waals surface area contributed by atoms with Gasteiger partial charge in [0.05, 0.1) is 0 Å². The molecule has 0 aromatic carbocycles. The Kier molecular flexibility index (Phi) is 3.61. The molecule has 2 rings (SSSR count). The van der Waals surface area contributed by atoms with Crippen LogP contribution in [0.3, 0.4) is 0 Å². The molecule has 0 bridgehead atoms. The monoisotopic (exact) mass is 236 g/mol. The second-order valence-corrected chi connectivity index (χ2v) is 4.69. The summed E-state index contributed by atoms with van der Waals surface area (Å²) in [6.45, 7) is 2.30. The summed E-state index contributed by atoms with van der Waals surface area (Å²) in [6, 6.07) is 0.456. The van der Waals surface area contributed by atoms with Gasteiger partial charge in [-0.3, -0.25) is 0 Å². The number of nitrogens with one attached hydrogen (secondary N) is 2. The number of nitrogens with two attached hydrogens (primary N) is 1. The van der Waals surface area contributed by atoms with E-state index in [0.717, 1.165) is 5.92 Å². The van der Waals surface area contributed by atoms with Crippen LogP contribution in [-0.2, 0) is 0 Å². The molecule has 1 fully saturated rings. The van der Waals surface area contributed by atoms with E-state index in [2.05, 4.69) is 32.5 Å². The average molecular weight is 236 g/mol. The van der Waals surface area contributed by atoms with Crippen molar-refractivity contribution in [1.82, 2.24) is 15.0 Å². The van der Waals surface area contributed by atoms with E-state index < -0.39 is 0 Å². The van der Waals surface area contributed by atoms with Gasteiger partial charge in [0.1, 0.15) is 0 Å². The zero-order valence-corrected chi connectivity index (χ0v) is 10.4. The van der Waals surface area contributed by atoms with Crippen molar-refractivity contribution in [3.05, 3.63) is 0 Å². The molecular formula is C11H20N6. The fourth-order valence-electron chi connectivity index (χ4n) is 2.16. The van der Waals surface area contributed by atoms with Crippen LogP contribution in [0, 0.1) is 5.92 Å². The molecule has 1 saturated carbocycles. The number of aromatic nitrogens is 3. The SMILES string of the molecule is CNc1nc(N)nc(NC2CCC(C)CC2)n1. The third-order valence-corrected chi connectivity index (χ3v) is 3.23. The molecule has 4 N–H and O–H groups in total. The topological polar surface area (TPSA) is 88.8 Å². The predicted octanol–water partition coefficient (Wildman–Crippen LogP) is 1.49. The first-order valence-corrected chi connectivity index (χ1v) is 6.13. The fraction of sp³-hybridized carbons (Fsp3) is 0.727. The van der Waals surface area contributed by atoms with Crippen LogP contribution in [0.5, 0.6) is 0 Å². The van der Waals surface area contributed by atoms with E-state index in [0.29, 0.717) is 17.9 Å². The van der Waals surface area contributed by atoms with E-state index in [9.17, 15) is 0 Å². The third-order valence-electron chi connectivity index (χ3n) is 3.23. The summed E-state index contributed by atoms with van der Waals surface area (Å²) in [5, 5.41) is 6.20. The molecule has 0 saturated heterocycles. The standard InChI is InChI=1S/C11H20N6/c1-7-3-5-8(6-4-7)14-11-16-9(12)15-10(13-2)17-11/h7-8H,3-6H2,1-2H3,(H4,12,13,14,15,16,17). The predicted molar refractivity (Wildman–Crippen MR) is 68.8 cm³/mol. The largest absolute Gasteiger partial charge is 0.368 e. The van der Waals surface area contributed by atoms with E-state index in [4.69, 9.17) is 5.73 Å². The summed E-state index contributed by atoms with van der Waals surface area (Å²) < 4.78 is 0. The summed E-state index contributed by atoms with van der Waals surface area (Å²) in [7, 11) is 1.76. The molecule has 0 radical (unpaired) electrons. The van der Waals surface area contributed by atoms with Crippen LogP contribution in [0.15, 0.2) is 0 Å². The zero-order valence-electron chi connectivity index (χ0n) is 10.4. The Bertz CT molecular complexity index is 372. The van der Waals surface area contributed by atoms with E-state index in [1.54, 1.807) is 7.05 Å². The first kappa shape index (κ1) is 11.9. The molecule has 6 heteroatoms. The fourth-order valence-corrected chi connectivity index (χ4v) is 2.16. The molecular weight excluding hydrogens is 216 g/mol. The third kappa shape index (κ3) is 3.18. The van der Waals surface area contributed by atoms with Crippen LogP contribution < -0.4 is 16.4 Å². The highest BCUT2D eigenvalue weighted by molar-refractivity contribution is 5.39. The zero-order chi connectivity index (χ0) is 12.3. The normalized spacial score (nSPS) is 24.4. The number of nitrogens with zero attached hydrogens (tertiary/aromatic N) is 3. The molecule has 1 aliphatic carbocycles. The van der Waals surface area contributed by atoms with Gasteiger partial charge in [0.25, 0.3) is 0 Å². The lowest BCUT2D eigenvalue weighted by atomic mass is 9.87. The van der Waals surface area contributed by atoms with Crippen LogP contribution in [-0.4, -0.2) is 28.0 Å². The molecule has 0 unspecified atom stereocenters. The van der Waals surface area contributed by atoms with Gasteiger partial charge in [0.2, 0.25) is 17.8 Å². The van der Waals surface area contributed by atoms with Crippen molar-refractivity contribution in [2.24, 2.45) is 5.92 Å². The van der Waals surface area contributed by atoms with Gasteiger partial charge in [0.15, 0.2) is 0 Å². The lowest BCUT2D eigenvalue weighted by Gasteiger charge is -2.26. The maximum absolute atomic E-state index is 5.62. The maximum Gasteiger partial charge on any atom is 0.229 e. The van der Waals surface area contributed by atoms with Crippen molar-refractivity contribution >= 4 is 17.8 Å². The van der Waals surface area contributed by atoms with Gasteiger partial charge in [-0.25, -0.2) is 0 Å². The summed E-state index contributed by atoms with van der Waals surface area (Å²) in [5.41, 5.74) is 5.62. The molecule has 94 valence electrons. The molecule has 6 nitrogen and oxygen atoms in total. The second kappa shape index (κ2) is 5.16. The van der Waals surface area contributed by atoms with Crippen LogP contribution in [0.1, 0.15) is 32.6 Å². The molecule has 0 amide bonds. The number of rotatable bonds is 3. The van der Waals surface area contributed by atoms with Crippen molar-refractivity contribution in [1.29, 1.82) is 0 Å². The van der Waals surface area contributed by atoms with Crippen molar-refractivity contribution < 1.29 is 0 Å². The van der Waals surface area contributed by atoms with E-state index in [-0.39, 0.29) is 5.95 Å². The van der Waals surface area contributed by atoms with Gasteiger partial charge < -0.3 is 16.4 Å². The van der Waals surface area contributed by atoms with Crippen molar-refractivity contribution in [3.8, 4) is 0 Å². The summed E-state index contributed by atoms with van der Waals surface area (Å²) in [6.07, 6.45) is 4.86. The Balaban J connectivity index is 2.00. The first-order chi connectivity index (χ1) is 8.17. The van der Waals surface area contributed by atoms with E-state index in [1.807, 2.05) is 0 Å². The van der Waals surface area contributed by atoms with Crippen molar-refractivity contribution in [3.63, 3.8) is 0 Å². The molecule has 1 heterocycles. The Labute approximate surface area is 101 Å². The Morgan fingerprint density at radius 2 is 1.71 bits per heavy atom. The second-order valence-electron chi connectivity index (χ2n) is 4.69. The van der Waals surface area contributed by atoms with Gasteiger partial charge in [0, 0.05) is 13.1 Å². The lowest BCUT2D eigenvalue weighted by Crippen LogP contribution is -2.26. The molecule has 1 aromatic rings. The Morgan fingerprint density at radius 1 is 1.06 bits per heavy atom. The van der Waals surface area contributed by atoms with Gasteiger partial charge >= 0.3 is 0 Å². The highest BCUT2D eigenvalue weighted by atomic mass is 15.2. The molecule has 1 aliphatic rings. The van der Waals surface area contributed by atoms with Crippen LogP contribution >= 0.6 is 0 Å². The van der Waals surface area contributed by atoms with Gasteiger partial charge in [-0.2, -0.15) is 15.0 Å². The van der Waals surface area contributed by atoms with E-state index in [1.165, 1.54) is 25.7 Å². The van der Waals surface area contributed by atoms with Gasteiger partial charge in [-0.1, -0.05) is 6.92 Å². The quantitative estimate of drug-likeness (QED) is 0.736. The lowest BCUT2D eigenvalue weighted by molar-refractivity contribution is 0.360. The maximum atomic E-state index is 5.62. The minimum Gasteiger partial charge on any atom is -0.368 e. The molecule has 0 aliphatic heterocycles. The summed E-state index contributed by atoms with van der Waals surface area (Å²) >= 11 is 0. The molecule has 0 atom stereocenters. The summed E-state index contributed by atoms with van der Waals surface area (Å²) in [4.78, 5) is 12.3. The minimum atomic E-state index is 0.246. The van der Waals surface area contributed by atoms with Gasteiger partial charge in [-0.05, 0) is 31.6 Å². The van der Waals surface area contributed by atoms with Crippen LogP contribution in [0.2, 0.25) is 0 Å². The number of anilines is 3. The smallest absolute Gasteiger partial charge is 0.229 e. The Morgan fingerprint density at radius 3 is 2.35 bits per heavy atom. The first-order valence-electron chi connectivity index (χ1n) is 6.13. The number of hydrogen-bond donors (Lipinski definition) is 3. The average Bonchev–Trinajstić information content (AvgIpc) is 2.31. The van der Waals surface area contributed by atoms with Gasteiger partial charge in [-0.15, -0.1) is 0 Å². The van der Waals surface area contributed by atoms with Crippen LogP contribution in [0.25, 0.3) is 0 Å². The van der Waals surface area contributed by atoms with Crippen LogP contribution in [0.4, 0.5) is 17.8 Å². The molecule has 1 aromatic heterocycles. The van der Waals surface area contributed by atoms with Crippen molar-refractivity contribution in [2.45, 2.75) is 38.6 Å². The van der Waals surface area contributed by atoms with Crippen molar-refractivity contribution in [2.75, 3.05) is 23.4 Å². The summed E-state index contributed by atoms with van der Waals surface area (Å²) in [5.74, 6) is 2.16. The highest BCUT2D eigenvalue weighted by Gasteiger charge is 2.19. The number of nitrogen functional groups attached to an aromatic ring is 1. The Hall–Kier alpha value is -1.59. The minimum absolute atomic E-state index is 0.246.